The zero-order chi connectivity index (χ0) is 11.7. The van der Waals surface area contributed by atoms with E-state index in [1.165, 1.54) is 5.56 Å². The van der Waals surface area contributed by atoms with Crippen LogP contribution in [0.5, 0.6) is 0 Å². The fourth-order valence-electron chi connectivity index (χ4n) is 1.66. The van der Waals surface area contributed by atoms with Gasteiger partial charge >= 0.3 is 0 Å². The molecule has 0 aliphatic rings. The highest BCUT2D eigenvalue weighted by Gasteiger charge is 2.10. The maximum atomic E-state index is 6.25. The molecule has 3 heteroatoms. The molecule has 0 N–H and O–H groups in total. The van der Waals surface area contributed by atoms with Crippen molar-refractivity contribution >= 4 is 43.5 Å². The van der Waals surface area contributed by atoms with Crippen molar-refractivity contribution in [3.05, 3.63) is 55.9 Å². The molecule has 0 fully saturated rings. The normalized spacial score (nSPS) is 10.5. The number of hydrogen-bond acceptors (Lipinski definition) is 0. The summed E-state index contributed by atoms with van der Waals surface area (Å²) in [7, 11) is 0. The minimum atomic E-state index is 0.777. The van der Waals surface area contributed by atoms with Crippen LogP contribution >= 0.6 is 43.5 Å². The van der Waals surface area contributed by atoms with E-state index in [1.807, 2.05) is 24.3 Å². The summed E-state index contributed by atoms with van der Waals surface area (Å²) in [6.45, 7) is 2.06. The van der Waals surface area contributed by atoms with E-state index in [9.17, 15) is 0 Å². The maximum absolute atomic E-state index is 6.25. The fraction of sp³-hybridized carbons (Fsp3) is 0.0769. The van der Waals surface area contributed by atoms with Crippen LogP contribution in [0.15, 0.2) is 45.3 Å². The lowest BCUT2D eigenvalue weighted by molar-refractivity contribution is 1.44. The third-order valence-electron chi connectivity index (χ3n) is 2.42. The van der Waals surface area contributed by atoms with Gasteiger partial charge in [0.15, 0.2) is 0 Å². The van der Waals surface area contributed by atoms with Crippen LogP contribution in [0.1, 0.15) is 5.56 Å². The van der Waals surface area contributed by atoms with Crippen LogP contribution in [0.2, 0.25) is 5.02 Å². The Morgan fingerprint density at radius 3 is 2.50 bits per heavy atom. The van der Waals surface area contributed by atoms with Gasteiger partial charge in [0.1, 0.15) is 0 Å². The van der Waals surface area contributed by atoms with Crippen LogP contribution in [0.25, 0.3) is 11.1 Å². The Morgan fingerprint density at radius 2 is 1.81 bits per heavy atom. The number of rotatable bonds is 1. The van der Waals surface area contributed by atoms with Gasteiger partial charge in [-0.2, -0.15) is 0 Å². The van der Waals surface area contributed by atoms with E-state index in [1.54, 1.807) is 0 Å². The molecule has 16 heavy (non-hydrogen) atoms. The summed E-state index contributed by atoms with van der Waals surface area (Å²) in [4.78, 5) is 0. The molecule has 0 saturated carbocycles. The van der Waals surface area contributed by atoms with Gasteiger partial charge in [-0.05, 0) is 42.3 Å². The zero-order valence-electron chi connectivity index (χ0n) is 8.60. The Kier molecular flexibility index (Phi) is 3.73. The van der Waals surface area contributed by atoms with E-state index >= 15 is 0 Å². The van der Waals surface area contributed by atoms with E-state index in [-0.39, 0.29) is 0 Å². The lowest BCUT2D eigenvalue weighted by atomic mass is 10.0. The van der Waals surface area contributed by atoms with Gasteiger partial charge in [-0.25, -0.2) is 0 Å². The average molecular weight is 360 g/mol. The van der Waals surface area contributed by atoms with E-state index in [0.29, 0.717) is 0 Å². The monoisotopic (exact) mass is 358 g/mol. The average Bonchev–Trinajstić information content (AvgIpc) is 2.23. The Bertz CT molecular complexity index is 515. The lowest BCUT2D eigenvalue weighted by Crippen LogP contribution is -1.86. The maximum Gasteiger partial charge on any atom is 0.0487 e. The molecule has 0 aliphatic heterocycles. The molecule has 2 rings (SSSR count). The van der Waals surface area contributed by atoms with Gasteiger partial charge in [0.2, 0.25) is 0 Å². The van der Waals surface area contributed by atoms with Crippen LogP contribution < -0.4 is 0 Å². The molecule has 0 nitrogen and oxygen atoms in total. The van der Waals surface area contributed by atoms with Crippen molar-refractivity contribution in [3.63, 3.8) is 0 Å². The van der Waals surface area contributed by atoms with E-state index < -0.39 is 0 Å². The van der Waals surface area contributed by atoms with Crippen LogP contribution in [0.4, 0.5) is 0 Å². The SMILES string of the molecule is Cc1cccc(Cl)c1-c1cc(Br)ccc1Br. The summed E-state index contributed by atoms with van der Waals surface area (Å²) in [6, 6.07) is 12.0. The number of benzene rings is 2. The van der Waals surface area contributed by atoms with Crippen molar-refractivity contribution < 1.29 is 0 Å². The molecule has 0 amide bonds. The highest BCUT2D eigenvalue weighted by molar-refractivity contribution is 9.11. The lowest BCUT2D eigenvalue weighted by Gasteiger charge is -2.10. The molecule has 2 aromatic carbocycles. The molecule has 0 aromatic heterocycles. The van der Waals surface area contributed by atoms with Gasteiger partial charge in [-0.15, -0.1) is 0 Å². The Balaban J connectivity index is 2.72. The second kappa shape index (κ2) is 4.91. The zero-order valence-corrected chi connectivity index (χ0v) is 12.5. The van der Waals surface area contributed by atoms with Gasteiger partial charge in [-0.1, -0.05) is 55.6 Å². The van der Waals surface area contributed by atoms with E-state index in [0.717, 1.165) is 25.1 Å². The molecular formula is C13H9Br2Cl. The molecular weight excluding hydrogens is 351 g/mol. The van der Waals surface area contributed by atoms with Crippen molar-refractivity contribution in [3.8, 4) is 11.1 Å². The summed E-state index contributed by atoms with van der Waals surface area (Å²) in [6.07, 6.45) is 0. The molecule has 0 unspecified atom stereocenters. The number of hydrogen-bond donors (Lipinski definition) is 0. The second-order valence-corrected chi connectivity index (χ2v) is 5.73. The smallest absolute Gasteiger partial charge is 0.0487 e. The predicted octanol–water partition coefficient (Wildman–Crippen LogP) is 5.84. The third-order valence-corrected chi connectivity index (χ3v) is 3.92. The van der Waals surface area contributed by atoms with Gasteiger partial charge in [0.25, 0.3) is 0 Å². The van der Waals surface area contributed by atoms with Gasteiger partial charge in [0, 0.05) is 19.5 Å². The Hall–Kier alpha value is -0.310. The largest absolute Gasteiger partial charge is 0.0837 e. The highest BCUT2D eigenvalue weighted by Crippen LogP contribution is 2.37. The van der Waals surface area contributed by atoms with Crippen molar-refractivity contribution in [2.45, 2.75) is 6.92 Å². The molecule has 0 heterocycles. The van der Waals surface area contributed by atoms with Crippen LogP contribution in [-0.4, -0.2) is 0 Å². The summed E-state index contributed by atoms with van der Waals surface area (Å²) in [5.41, 5.74) is 3.36. The molecule has 0 atom stereocenters. The Labute approximate surface area is 117 Å². The molecule has 0 aliphatic carbocycles. The minimum absolute atomic E-state index is 0.777. The minimum Gasteiger partial charge on any atom is -0.0837 e. The summed E-state index contributed by atoms with van der Waals surface area (Å²) in [5.74, 6) is 0. The molecule has 0 saturated heterocycles. The summed E-state index contributed by atoms with van der Waals surface area (Å²) >= 11 is 13.3. The first-order chi connectivity index (χ1) is 7.59. The van der Waals surface area contributed by atoms with Crippen molar-refractivity contribution in [1.29, 1.82) is 0 Å². The van der Waals surface area contributed by atoms with Gasteiger partial charge < -0.3 is 0 Å². The van der Waals surface area contributed by atoms with Crippen LogP contribution in [-0.2, 0) is 0 Å². The fourth-order valence-corrected chi connectivity index (χ4v) is 2.79. The first kappa shape index (κ1) is 12.2. The van der Waals surface area contributed by atoms with Crippen molar-refractivity contribution in [2.75, 3.05) is 0 Å². The Morgan fingerprint density at radius 1 is 1.06 bits per heavy atom. The summed E-state index contributed by atoms with van der Waals surface area (Å²) in [5, 5.41) is 0.777. The van der Waals surface area contributed by atoms with Crippen LogP contribution in [0, 0.1) is 6.92 Å². The van der Waals surface area contributed by atoms with E-state index in [4.69, 9.17) is 11.6 Å². The molecule has 2 aromatic rings. The van der Waals surface area contributed by atoms with Crippen molar-refractivity contribution in [2.24, 2.45) is 0 Å². The van der Waals surface area contributed by atoms with Gasteiger partial charge in [0.05, 0.1) is 0 Å². The topological polar surface area (TPSA) is 0 Å². The van der Waals surface area contributed by atoms with Crippen molar-refractivity contribution in [1.82, 2.24) is 0 Å². The molecule has 0 radical (unpaired) electrons. The number of halogens is 3. The van der Waals surface area contributed by atoms with Gasteiger partial charge in [-0.3, -0.25) is 0 Å². The molecule has 0 bridgehead atoms. The first-order valence-corrected chi connectivity index (χ1v) is 6.76. The number of aryl methyl sites for hydroxylation is 1. The summed E-state index contributed by atoms with van der Waals surface area (Å²) < 4.78 is 2.09. The first-order valence-electron chi connectivity index (χ1n) is 4.80. The second-order valence-electron chi connectivity index (χ2n) is 3.56. The quantitative estimate of drug-likeness (QED) is 0.599. The highest BCUT2D eigenvalue weighted by atomic mass is 79.9. The van der Waals surface area contributed by atoms with Crippen LogP contribution in [0.3, 0.4) is 0 Å². The molecule has 82 valence electrons. The standard InChI is InChI=1S/C13H9Br2Cl/c1-8-3-2-4-12(16)13(8)10-7-9(14)5-6-11(10)15/h2-7H,1H3. The van der Waals surface area contributed by atoms with E-state index in [2.05, 4.69) is 50.9 Å². The predicted molar refractivity (Wildman–Crippen MR) is 77.0 cm³/mol. The molecule has 0 spiro atoms. The third kappa shape index (κ3) is 2.34.